The fourth-order valence-corrected chi connectivity index (χ4v) is 4.64. The predicted octanol–water partition coefficient (Wildman–Crippen LogP) is 4.83. The highest BCUT2D eigenvalue weighted by molar-refractivity contribution is 7.20. The number of carbonyl (C=O) groups is 1. The lowest BCUT2D eigenvalue weighted by molar-refractivity contribution is 0.0701. The van der Waals surface area contributed by atoms with Crippen molar-refractivity contribution in [2.24, 2.45) is 5.92 Å². The Labute approximate surface area is 178 Å². The molecule has 0 aliphatic carbocycles. The van der Waals surface area contributed by atoms with E-state index in [4.69, 9.17) is 4.74 Å². The lowest BCUT2D eigenvalue weighted by Gasteiger charge is -2.08. The smallest absolute Gasteiger partial charge is 0.346 e. The standard InChI is InChI=1S/C23H24N2O4S/c1-13(2)9-11-29-17-6-4-15(5-7-17)12-16-8-10-25-20(16)24-21-18(22(25)26)14(3)19(30-21)23(27)28/h4-7,12-13H,8-11H2,1-3H3,(H,27,28)/b16-12+. The van der Waals surface area contributed by atoms with Gasteiger partial charge in [0.1, 0.15) is 21.3 Å². The summed E-state index contributed by atoms with van der Waals surface area (Å²) in [5.41, 5.74) is 2.33. The number of carboxylic acids is 1. The monoisotopic (exact) mass is 424 g/mol. The second-order valence-corrected chi connectivity index (χ2v) is 8.95. The van der Waals surface area contributed by atoms with E-state index in [1.54, 1.807) is 11.5 Å². The van der Waals surface area contributed by atoms with Crippen molar-refractivity contribution in [2.45, 2.75) is 40.2 Å². The summed E-state index contributed by atoms with van der Waals surface area (Å²) in [6, 6.07) is 7.89. The van der Waals surface area contributed by atoms with Crippen LogP contribution in [-0.4, -0.2) is 27.2 Å². The van der Waals surface area contributed by atoms with Gasteiger partial charge in [-0.2, -0.15) is 0 Å². The number of rotatable bonds is 6. The highest BCUT2D eigenvalue weighted by atomic mass is 32.1. The van der Waals surface area contributed by atoms with Crippen molar-refractivity contribution in [3.8, 4) is 5.75 Å². The minimum atomic E-state index is -1.02. The first kappa shape index (κ1) is 20.3. The maximum absolute atomic E-state index is 13.0. The number of fused-ring (bicyclic) bond motifs is 2. The third-order valence-electron chi connectivity index (χ3n) is 5.32. The van der Waals surface area contributed by atoms with Crippen molar-refractivity contribution in [1.29, 1.82) is 0 Å². The number of aromatic nitrogens is 2. The van der Waals surface area contributed by atoms with Gasteiger partial charge in [0.15, 0.2) is 0 Å². The molecule has 0 saturated heterocycles. The van der Waals surface area contributed by atoms with E-state index < -0.39 is 5.97 Å². The quantitative estimate of drug-likeness (QED) is 0.613. The molecule has 7 heteroatoms. The van der Waals surface area contributed by atoms with Crippen LogP contribution in [0, 0.1) is 12.8 Å². The number of allylic oxidation sites excluding steroid dienone is 1. The molecule has 0 atom stereocenters. The minimum absolute atomic E-state index is 0.159. The molecule has 3 aromatic rings. The van der Waals surface area contributed by atoms with Crippen LogP contribution in [0.2, 0.25) is 0 Å². The van der Waals surface area contributed by atoms with Crippen LogP contribution in [0.4, 0.5) is 0 Å². The second kappa shape index (κ2) is 8.07. The molecule has 30 heavy (non-hydrogen) atoms. The lowest BCUT2D eigenvalue weighted by Crippen LogP contribution is -2.20. The molecule has 0 radical (unpaired) electrons. The molecule has 0 unspecified atom stereocenters. The third kappa shape index (κ3) is 3.77. The van der Waals surface area contributed by atoms with Gasteiger partial charge in [-0.1, -0.05) is 26.0 Å². The summed E-state index contributed by atoms with van der Waals surface area (Å²) < 4.78 is 7.43. The highest BCUT2D eigenvalue weighted by Gasteiger charge is 2.25. The highest BCUT2D eigenvalue weighted by Crippen LogP contribution is 2.32. The van der Waals surface area contributed by atoms with Crippen molar-refractivity contribution in [3.05, 3.63) is 56.4 Å². The zero-order valence-corrected chi connectivity index (χ0v) is 18.1. The van der Waals surface area contributed by atoms with Crippen LogP contribution in [0.15, 0.2) is 29.1 Å². The van der Waals surface area contributed by atoms with Gasteiger partial charge in [0.2, 0.25) is 0 Å². The molecule has 6 nitrogen and oxygen atoms in total. The number of hydrogen-bond acceptors (Lipinski definition) is 5. The first-order valence-corrected chi connectivity index (χ1v) is 10.9. The van der Waals surface area contributed by atoms with Crippen LogP contribution in [0.25, 0.3) is 21.9 Å². The summed E-state index contributed by atoms with van der Waals surface area (Å²) in [5, 5.41) is 9.79. The van der Waals surface area contributed by atoms with Gasteiger partial charge in [0.25, 0.3) is 5.56 Å². The van der Waals surface area contributed by atoms with Crippen LogP contribution in [0.1, 0.15) is 53.3 Å². The molecular formula is C23H24N2O4S. The molecule has 156 valence electrons. The van der Waals surface area contributed by atoms with Gasteiger partial charge >= 0.3 is 5.97 Å². The Morgan fingerprint density at radius 2 is 2.07 bits per heavy atom. The van der Waals surface area contributed by atoms with Crippen molar-refractivity contribution < 1.29 is 14.6 Å². The van der Waals surface area contributed by atoms with Crippen molar-refractivity contribution >= 4 is 39.2 Å². The maximum atomic E-state index is 13.0. The molecule has 4 rings (SSSR count). The van der Waals surface area contributed by atoms with E-state index in [9.17, 15) is 14.7 Å². The molecule has 0 fully saturated rings. The number of thiophene rings is 1. The Kier molecular flexibility index (Phi) is 5.47. The van der Waals surface area contributed by atoms with Crippen LogP contribution in [0.3, 0.4) is 0 Å². The van der Waals surface area contributed by atoms with E-state index in [-0.39, 0.29) is 10.4 Å². The summed E-state index contributed by atoms with van der Waals surface area (Å²) in [5.74, 6) is 1.06. The SMILES string of the molecule is Cc1c(C(=O)O)sc2nc3n(c(=O)c12)CC/C3=C\c1ccc(OCCC(C)C)cc1. The molecule has 1 aliphatic heterocycles. The van der Waals surface area contributed by atoms with Gasteiger partial charge in [-0.25, -0.2) is 9.78 Å². The largest absolute Gasteiger partial charge is 0.494 e. The van der Waals surface area contributed by atoms with Gasteiger partial charge in [-0.3, -0.25) is 9.36 Å². The van der Waals surface area contributed by atoms with E-state index in [0.29, 0.717) is 40.7 Å². The van der Waals surface area contributed by atoms with E-state index in [2.05, 4.69) is 18.8 Å². The summed E-state index contributed by atoms with van der Waals surface area (Å²) >= 11 is 1.06. The third-order valence-corrected chi connectivity index (χ3v) is 6.50. The van der Waals surface area contributed by atoms with Gasteiger partial charge < -0.3 is 9.84 Å². The topological polar surface area (TPSA) is 81.4 Å². The Morgan fingerprint density at radius 3 is 2.73 bits per heavy atom. The molecule has 2 aromatic heterocycles. The predicted molar refractivity (Wildman–Crippen MR) is 119 cm³/mol. The number of hydrogen-bond donors (Lipinski definition) is 1. The Morgan fingerprint density at radius 1 is 1.33 bits per heavy atom. The van der Waals surface area contributed by atoms with E-state index in [1.807, 2.05) is 30.3 Å². The Hall–Kier alpha value is -2.93. The molecule has 0 amide bonds. The van der Waals surface area contributed by atoms with E-state index >= 15 is 0 Å². The van der Waals surface area contributed by atoms with Crippen LogP contribution in [0.5, 0.6) is 5.75 Å². The van der Waals surface area contributed by atoms with Crippen LogP contribution >= 0.6 is 11.3 Å². The average Bonchev–Trinajstić information content (AvgIpc) is 3.25. The fraction of sp³-hybridized carbons (Fsp3) is 0.348. The number of benzene rings is 1. The van der Waals surface area contributed by atoms with Gasteiger partial charge in [-0.15, -0.1) is 11.3 Å². The Bertz CT molecular complexity index is 1200. The second-order valence-electron chi connectivity index (χ2n) is 7.95. The van der Waals surface area contributed by atoms with E-state index in [0.717, 1.165) is 41.1 Å². The number of ether oxygens (including phenoxy) is 1. The molecule has 3 heterocycles. The number of aryl methyl sites for hydroxylation is 1. The number of aromatic carboxylic acids is 1. The lowest BCUT2D eigenvalue weighted by atomic mass is 10.1. The van der Waals surface area contributed by atoms with Gasteiger partial charge in [-0.05, 0) is 60.6 Å². The summed E-state index contributed by atoms with van der Waals surface area (Å²) in [7, 11) is 0. The number of nitrogens with zero attached hydrogens (tertiary/aromatic N) is 2. The van der Waals surface area contributed by atoms with Crippen molar-refractivity contribution in [3.63, 3.8) is 0 Å². The normalized spacial score (nSPS) is 14.6. The summed E-state index contributed by atoms with van der Waals surface area (Å²) in [6.07, 6.45) is 3.77. The maximum Gasteiger partial charge on any atom is 0.346 e. The molecule has 1 N–H and O–H groups in total. The van der Waals surface area contributed by atoms with Crippen molar-refractivity contribution in [1.82, 2.24) is 9.55 Å². The fourth-order valence-electron chi connectivity index (χ4n) is 3.63. The Balaban J connectivity index is 1.64. The summed E-state index contributed by atoms with van der Waals surface area (Å²) in [6.45, 7) is 7.27. The summed E-state index contributed by atoms with van der Waals surface area (Å²) in [4.78, 5) is 29.7. The molecule has 1 aliphatic rings. The zero-order valence-electron chi connectivity index (χ0n) is 17.3. The van der Waals surface area contributed by atoms with Gasteiger partial charge in [0, 0.05) is 6.54 Å². The molecule has 0 saturated carbocycles. The molecule has 1 aromatic carbocycles. The van der Waals surface area contributed by atoms with E-state index in [1.165, 1.54) is 0 Å². The molecular weight excluding hydrogens is 400 g/mol. The number of carboxylic acid groups (broad SMARTS) is 1. The molecule has 0 spiro atoms. The zero-order chi connectivity index (χ0) is 21.4. The van der Waals surface area contributed by atoms with Crippen molar-refractivity contribution in [2.75, 3.05) is 6.61 Å². The van der Waals surface area contributed by atoms with Crippen LogP contribution in [-0.2, 0) is 6.54 Å². The first-order chi connectivity index (χ1) is 14.3. The minimum Gasteiger partial charge on any atom is -0.494 e. The molecule has 0 bridgehead atoms. The average molecular weight is 425 g/mol. The van der Waals surface area contributed by atoms with Crippen LogP contribution < -0.4 is 10.3 Å². The first-order valence-electron chi connectivity index (χ1n) is 10.1. The van der Waals surface area contributed by atoms with Gasteiger partial charge in [0.05, 0.1) is 12.0 Å².